The Labute approximate surface area is 129 Å². The van der Waals surface area contributed by atoms with Gasteiger partial charge in [-0.1, -0.05) is 0 Å². The summed E-state index contributed by atoms with van der Waals surface area (Å²) in [5.41, 5.74) is 0. The second-order valence-electron chi connectivity index (χ2n) is 5.10. The zero-order valence-electron chi connectivity index (χ0n) is 12.9. The summed E-state index contributed by atoms with van der Waals surface area (Å²) in [6, 6.07) is 5.13. The minimum absolute atomic E-state index is 0.0374. The zero-order chi connectivity index (χ0) is 16.1. The monoisotopic (exact) mass is 308 g/mol. The van der Waals surface area contributed by atoms with Gasteiger partial charge < -0.3 is 24.4 Å². The fourth-order valence-corrected chi connectivity index (χ4v) is 1.87. The molecule has 2 amide bonds. The van der Waals surface area contributed by atoms with Crippen LogP contribution in [0, 0.1) is 0 Å². The highest BCUT2D eigenvalue weighted by atomic mass is 16.7. The first-order valence-corrected chi connectivity index (χ1v) is 7.01. The Balaban J connectivity index is 1.80. The molecule has 7 heteroatoms. The van der Waals surface area contributed by atoms with Crippen LogP contribution < -0.4 is 19.5 Å². The van der Waals surface area contributed by atoms with E-state index in [0.717, 1.165) is 0 Å². The Morgan fingerprint density at radius 1 is 1.32 bits per heavy atom. The highest BCUT2D eigenvalue weighted by Crippen LogP contribution is 2.35. The minimum atomic E-state index is -0.671. The molecule has 0 radical (unpaired) electrons. The molecule has 1 aliphatic rings. The molecule has 2 rings (SSSR count). The number of rotatable bonds is 6. The fraction of sp³-hybridized carbons (Fsp3) is 0.467. The second kappa shape index (κ2) is 7.02. The van der Waals surface area contributed by atoms with Crippen LogP contribution in [0.4, 0.5) is 0 Å². The van der Waals surface area contributed by atoms with E-state index in [9.17, 15) is 9.59 Å². The lowest BCUT2D eigenvalue weighted by Gasteiger charge is -2.15. The predicted octanol–water partition coefficient (Wildman–Crippen LogP) is 0.777. The van der Waals surface area contributed by atoms with Crippen LogP contribution in [0.2, 0.25) is 0 Å². The second-order valence-corrected chi connectivity index (χ2v) is 5.10. The van der Waals surface area contributed by atoms with E-state index >= 15 is 0 Å². The van der Waals surface area contributed by atoms with Crippen LogP contribution in [-0.2, 0) is 9.59 Å². The van der Waals surface area contributed by atoms with E-state index < -0.39 is 6.10 Å². The molecule has 0 saturated carbocycles. The summed E-state index contributed by atoms with van der Waals surface area (Å²) in [7, 11) is 3.35. The summed E-state index contributed by atoms with van der Waals surface area (Å²) >= 11 is 0. The van der Waals surface area contributed by atoms with Crippen molar-refractivity contribution >= 4 is 11.8 Å². The van der Waals surface area contributed by atoms with Gasteiger partial charge >= 0.3 is 0 Å². The Morgan fingerprint density at radius 3 is 2.77 bits per heavy atom. The van der Waals surface area contributed by atoms with Crippen molar-refractivity contribution in [1.82, 2.24) is 10.2 Å². The van der Waals surface area contributed by atoms with Crippen molar-refractivity contribution in [3.63, 3.8) is 0 Å². The standard InChI is InChI=1S/C15H20N2O5/c1-10(15(19)16-7-6-14(18)17(2)3)22-11-4-5-12-13(8-11)21-9-20-12/h4-5,8,10H,6-7,9H2,1-3H3,(H,16,19). The first-order chi connectivity index (χ1) is 10.5. The van der Waals surface area contributed by atoms with Gasteiger partial charge in [0.05, 0.1) is 0 Å². The van der Waals surface area contributed by atoms with Crippen molar-refractivity contribution in [3.05, 3.63) is 18.2 Å². The van der Waals surface area contributed by atoms with Crippen LogP contribution in [0.25, 0.3) is 0 Å². The van der Waals surface area contributed by atoms with Crippen LogP contribution in [0.15, 0.2) is 18.2 Å². The summed E-state index contributed by atoms with van der Waals surface area (Å²) in [4.78, 5) is 24.8. The molecule has 0 saturated heterocycles. The number of carbonyl (C=O) groups excluding carboxylic acids is 2. The van der Waals surface area contributed by atoms with Gasteiger partial charge in [0, 0.05) is 33.1 Å². The van der Waals surface area contributed by atoms with Crippen molar-refractivity contribution in [3.8, 4) is 17.2 Å². The number of benzene rings is 1. The van der Waals surface area contributed by atoms with Gasteiger partial charge in [0.1, 0.15) is 5.75 Å². The quantitative estimate of drug-likeness (QED) is 0.840. The Kier molecular flexibility index (Phi) is 5.08. The van der Waals surface area contributed by atoms with Gasteiger partial charge in [-0.3, -0.25) is 9.59 Å². The molecule has 1 heterocycles. The molecule has 1 aliphatic heterocycles. The maximum atomic E-state index is 11.9. The lowest BCUT2D eigenvalue weighted by molar-refractivity contribution is -0.129. The van der Waals surface area contributed by atoms with Gasteiger partial charge in [-0.25, -0.2) is 0 Å². The molecular formula is C15H20N2O5. The highest BCUT2D eigenvalue weighted by Gasteiger charge is 2.18. The Hall–Kier alpha value is -2.44. The SMILES string of the molecule is CC(Oc1ccc2c(c1)OCO2)C(=O)NCCC(=O)N(C)C. The summed E-state index contributed by atoms with van der Waals surface area (Å²) in [5, 5.41) is 2.67. The molecule has 1 aromatic carbocycles. The molecule has 0 bridgehead atoms. The van der Waals surface area contributed by atoms with Gasteiger partial charge in [0.25, 0.3) is 5.91 Å². The maximum absolute atomic E-state index is 11.9. The summed E-state index contributed by atoms with van der Waals surface area (Å²) < 4.78 is 16.0. The van der Waals surface area contributed by atoms with Crippen molar-refractivity contribution in [2.45, 2.75) is 19.4 Å². The largest absolute Gasteiger partial charge is 0.481 e. The van der Waals surface area contributed by atoms with Gasteiger partial charge in [0.15, 0.2) is 17.6 Å². The number of ether oxygens (including phenoxy) is 3. The third kappa shape index (κ3) is 4.03. The number of amides is 2. The van der Waals surface area contributed by atoms with Gasteiger partial charge in [-0.05, 0) is 19.1 Å². The Bertz CT molecular complexity index is 559. The maximum Gasteiger partial charge on any atom is 0.260 e. The minimum Gasteiger partial charge on any atom is -0.481 e. The molecular weight excluding hydrogens is 288 g/mol. The lowest BCUT2D eigenvalue weighted by atomic mass is 10.3. The third-order valence-electron chi connectivity index (χ3n) is 3.16. The summed E-state index contributed by atoms with van der Waals surface area (Å²) in [5.74, 6) is 1.47. The first-order valence-electron chi connectivity index (χ1n) is 7.01. The van der Waals surface area contributed by atoms with Crippen LogP contribution in [0.5, 0.6) is 17.2 Å². The molecule has 7 nitrogen and oxygen atoms in total. The zero-order valence-corrected chi connectivity index (χ0v) is 12.9. The normalized spacial score (nSPS) is 13.4. The molecule has 0 fully saturated rings. The van der Waals surface area contributed by atoms with E-state index in [-0.39, 0.29) is 31.6 Å². The van der Waals surface area contributed by atoms with E-state index in [4.69, 9.17) is 14.2 Å². The summed E-state index contributed by atoms with van der Waals surface area (Å²) in [6.45, 7) is 2.12. The molecule has 1 atom stereocenters. The fourth-order valence-electron chi connectivity index (χ4n) is 1.87. The van der Waals surface area contributed by atoms with Gasteiger partial charge in [-0.2, -0.15) is 0 Å². The lowest BCUT2D eigenvalue weighted by Crippen LogP contribution is -2.38. The predicted molar refractivity (Wildman–Crippen MR) is 79.0 cm³/mol. The van der Waals surface area contributed by atoms with Crippen LogP contribution in [-0.4, -0.2) is 50.3 Å². The number of fused-ring (bicyclic) bond motifs is 1. The van der Waals surface area contributed by atoms with E-state index in [0.29, 0.717) is 17.2 Å². The molecule has 22 heavy (non-hydrogen) atoms. The highest BCUT2D eigenvalue weighted by molar-refractivity contribution is 5.82. The number of nitrogens with one attached hydrogen (secondary N) is 1. The molecule has 1 unspecified atom stereocenters. The number of carbonyl (C=O) groups is 2. The number of hydrogen-bond acceptors (Lipinski definition) is 5. The molecule has 1 aromatic rings. The van der Waals surface area contributed by atoms with Crippen LogP contribution in [0.1, 0.15) is 13.3 Å². The molecule has 0 spiro atoms. The van der Waals surface area contributed by atoms with Crippen molar-refractivity contribution in [2.24, 2.45) is 0 Å². The van der Waals surface area contributed by atoms with E-state index in [2.05, 4.69) is 5.32 Å². The van der Waals surface area contributed by atoms with E-state index in [1.54, 1.807) is 39.2 Å². The summed E-state index contributed by atoms with van der Waals surface area (Å²) in [6.07, 6.45) is -0.412. The van der Waals surface area contributed by atoms with Gasteiger partial charge in [-0.15, -0.1) is 0 Å². The average molecular weight is 308 g/mol. The van der Waals surface area contributed by atoms with E-state index in [1.807, 2.05) is 0 Å². The van der Waals surface area contributed by atoms with Gasteiger partial charge in [0.2, 0.25) is 12.7 Å². The number of hydrogen-bond donors (Lipinski definition) is 1. The van der Waals surface area contributed by atoms with Crippen molar-refractivity contribution in [2.75, 3.05) is 27.4 Å². The topological polar surface area (TPSA) is 77.1 Å². The number of nitrogens with zero attached hydrogens (tertiary/aromatic N) is 1. The van der Waals surface area contributed by atoms with Crippen LogP contribution in [0.3, 0.4) is 0 Å². The van der Waals surface area contributed by atoms with E-state index in [1.165, 1.54) is 4.90 Å². The Morgan fingerprint density at radius 2 is 2.05 bits per heavy atom. The smallest absolute Gasteiger partial charge is 0.260 e. The third-order valence-corrected chi connectivity index (χ3v) is 3.16. The molecule has 0 aromatic heterocycles. The molecule has 120 valence electrons. The first kappa shape index (κ1) is 15.9. The molecule has 1 N–H and O–H groups in total. The van der Waals surface area contributed by atoms with Crippen molar-refractivity contribution < 1.29 is 23.8 Å². The van der Waals surface area contributed by atoms with Crippen molar-refractivity contribution in [1.29, 1.82) is 0 Å². The average Bonchev–Trinajstić information content (AvgIpc) is 2.94. The molecule has 0 aliphatic carbocycles. The van der Waals surface area contributed by atoms with Crippen LogP contribution >= 0.6 is 0 Å².